The van der Waals surface area contributed by atoms with E-state index in [2.05, 4.69) is 0 Å². The SMILES string of the molecule is NS(=O)(=O)CC1CC(=O)N(C(CO)C(=O)O)C1. The van der Waals surface area contributed by atoms with E-state index in [0.717, 1.165) is 4.90 Å². The van der Waals surface area contributed by atoms with Crippen LogP contribution in [0, 0.1) is 5.92 Å². The second-order valence-corrected chi connectivity index (χ2v) is 5.64. The van der Waals surface area contributed by atoms with Crippen LogP contribution in [-0.4, -0.2) is 60.4 Å². The van der Waals surface area contributed by atoms with Gasteiger partial charge in [-0.25, -0.2) is 18.4 Å². The molecule has 8 nitrogen and oxygen atoms in total. The fourth-order valence-corrected chi connectivity index (χ4v) is 2.74. The molecule has 9 heteroatoms. The third-order valence-electron chi connectivity index (χ3n) is 2.54. The van der Waals surface area contributed by atoms with Crippen LogP contribution in [-0.2, 0) is 19.6 Å². The predicted octanol–water partition coefficient (Wildman–Crippen LogP) is -2.43. The highest BCUT2D eigenvalue weighted by Crippen LogP contribution is 2.21. The molecule has 1 aliphatic rings. The van der Waals surface area contributed by atoms with Gasteiger partial charge in [-0.15, -0.1) is 0 Å². The van der Waals surface area contributed by atoms with Crippen molar-refractivity contribution in [3.05, 3.63) is 0 Å². The second kappa shape index (κ2) is 4.98. The molecule has 0 aromatic rings. The lowest BCUT2D eigenvalue weighted by molar-refractivity contribution is -0.149. The fourth-order valence-electron chi connectivity index (χ4n) is 1.86. The van der Waals surface area contributed by atoms with E-state index in [1.165, 1.54) is 0 Å². The minimum atomic E-state index is -3.70. The first-order valence-electron chi connectivity index (χ1n) is 4.88. The normalized spacial score (nSPS) is 22.8. The second-order valence-electron chi connectivity index (χ2n) is 3.98. The van der Waals surface area contributed by atoms with Gasteiger partial charge < -0.3 is 15.1 Å². The van der Waals surface area contributed by atoms with Crippen LogP contribution in [0.3, 0.4) is 0 Å². The number of carbonyl (C=O) groups is 2. The van der Waals surface area contributed by atoms with Gasteiger partial charge in [-0.3, -0.25) is 4.79 Å². The number of sulfonamides is 1. The third kappa shape index (κ3) is 3.65. The van der Waals surface area contributed by atoms with Gasteiger partial charge in [-0.2, -0.15) is 0 Å². The van der Waals surface area contributed by atoms with Gasteiger partial charge in [-0.05, 0) is 0 Å². The first-order valence-corrected chi connectivity index (χ1v) is 6.59. The summed E-state index contributed by atoms with van der Waals surface area (Å²) in [6, 6.07) is -1.33. The number of carbonyl (C=O) groups excluding carboxylic acids is 1. The van der Waals surface area contributed by atoms with Gasteiger partial charge in [0.2, 0.25) is 15.9 Å². The molecule has 1 heterocycles. The monoisotopic (exact) mass is 266 g/mol. The number of aliphatic carboxylic acids is 1. The van der Waals surface area contributed by atoms with E-state index in [1.54, 1.807) is 0 Å². The van der Waals surface area contributed by atoms with Crippen LogP contribution in [0.1, 0.15) is 6.42 Å². The summed E-state index contributed by atoms with van der Waals surface area (Å²) in [7, 11) is -3.70. The molecule has 1 aliphatic heterocycles. The molecule has 1 fully saturated rings. The van der Waals surface area contributed by atoms with Gasteiger partial charge >= 0.3 is 5.97 Å². The smallest absolute Gasteiger partial charge is 0.328 e. The summed E-state index contributed by atoms with van der Waals surface area (Å²) in [6.45, 7) is -0.726. The number of carboxylic acid groups (broad SMARTS) is 1. The van der Waals surface area contributed by atoms with Crippen molar-refractivity contribution in [2.45, 2.75) is 12.5 Å². The van der Waals surface area contributed by atoms with Crippen LogP contribution >= 0.6 is 0 Å². The number of aliphatic hydroxyl groups excluding tert-OH is 1. The number of hydrogen-bond acceptors (Lipinski definition) is 5. The van der Waals surface area contributed by atoms with Gasteiger partial charge in [0.1, 0.15) is 0 Å². The van der Waals surface area contributed by atoms with Gasteiger partial charge in [0.15, 0.2) is 6.04 Å². The molecule has 0 aromatic carbocycles. The summed E-state index contributed by atoms with van der Waals surface area (Å²) in [4.78, 5) is 23.2. The Bertz CT molecular complexity index is 420. The fraction of sp³-hybridized carbons (Fsp3) is 0.750. The van der Waals surface area contributed by atoms with Gasteiger partial charge in [0.05, 0.1) is 12.4 Å². The molecule has 0 aromatic heterocycles. The molecular weight excluding hydrogens is 252 g/mol. The molecule has 0 saturated carbocycles. The van der Waals surface area contributed by atoms with Crippen LogP contribution in [0.2, 0.25) is 0 Å². The van der Waals surface area contributed by atoms with Crippen LogP contribution in [0.5, 0.6) is 0 Å². The first-order chi connectivity index (χ1) is 7.74. The Hall–Kier alpha value is -1.19. The molecule has 2 atom stereocenters. The lowest BCUT2D eigenvalue weighted by Gasteiger charge is -2.22. The zero-order valence-corrected chi connectivity index (χ0v) is 9.76. The minimum absolute atomic E-state index is 0.0210. The maximum Gasteiger partial charge on any atom is 0.328 e. The molecule has 98 valence electrons. The Morgan fingerprint density at radius 2 is 2.18 bits per heavy atom. The maximum absolute atomic E-state index is 11.5. The lowest BCUT2D eigenvalue weighted by atomic mass is 10.1. The third-order valence-corrected chi connectivity index (χ3v) is 3.48. The highest BCUT2D eigenvalue weighted by molar-refractivity contribution is 7.89. The topological polar surface area (TPSA) is 138 Å². The zero-order chi connectivity index (χ0) is 13.2. The van der Waals surface area contributed by atoms with Crippen molar-refractivity contribution in [2.75, 3.05) is 18.9 Å². The number of nitrogens with two attached hydrogens (primary N) is 1. The number of nitrogens with zero attached hydrogens (tertiary/aromatic N) is 1. The molecule has 4 N–H and O–H groups in total. The van der Waals surface area contributed by atoms with E-state index < -0.39 is 40.5 Å². The van der Waals surface area contributed by atoms with Crippen molar-refractivity contribution in [3.8, 4) is 0 Å². The summed E-state index contributed by atoms with van der Waals surface area (Å²) in [5.74, 6) is -2.70. The molecule has 1 amide bonds. The Kier molecular flexibility index (Phi) is 4.07. The number of primary sulfonamides is 1. The number of carboxylic acids is 1. The highest BCUT2D eigenvalue weighted by Gasteiger charge is 2.38. The highest BCUT2D eigenvalue weighted by atomic mass is 32.2. The largest absolute Gasteiger partial charge is 0.480 e. The summed E-state index contributed by atoms with van der Waals surface area (Å²) in [5, 5.41) is 22.5. The number of rotatable bonds is 5. The molecule has 1 saturated heterocycles. The summed E-state index contributed by atoms with van der Waals surface area (Å²) in [6.07, 6.45) is -0.0692. The van der Waals surface area contributed by atoms with Crippen molar-refractivity contribution in [1.29, 1.82) is 0 Å². The summed E-state index contributed by atoms with van der Waals surface area (Å²) < 4.78 is 21.7. The summed E-state index contributed by atoms with van der Waals surface area (Å²) in [5.41, 5.74) is 0. The van der Waals surface area contributed by atoms with Crippen molar-refractivity contribution >= 4 is 21.9 Å². The Morgan fingerprint density at radius 1 is 1.59 bits per heavy atom. The average molecular weight is 266 g/mol. The first kappa shape index (κ1) is 13.9. The van der Waals surface area contributed by atoms with Crippen molar-refractivity contribution in [2.24, 2.45) is 11.1 Å². The molecule has 0 radical (unpaired) electrons. The van der Waals surface area contributed by atoms with Crippen LogP contribution in [0.15, 0.2) is 0 Å². The molecule has 1 rings (SSSR count). The standard InChI is InChI=1S/C8H14N2O6S/c9-17(15,16)4-5-1-7(12)10(2-5)6(3-11)8(13)14/h5-6,11H,1-4H2,(H,13,14)(H2,9,15,16). The van der Waals surface area contributed by atoms with E-state index in [1.807, 2.05) is 0 Å². The molecule has 17 heavy (non-hydrogen) atoms. The number of aliphatic hydroxyl groups is 1. The van der Waals surface area contributed by atoms with Crippen LogP contribution in [0.25, 0.3) is 0 Å². The Morgan fingerprint density at radius 3 is 2.59 bits per heavy atom. The van der Waals surface area contributed by atoms with Crippen molar-refractivity contribution in [1.82, 2.24) is 4.90 Å². The number of amides is 1. The van der Waals surface area contributed by atoms with E-state index in [0.29, 0.717) is 0 Å². The predicted molar refractivity (Wildman–Crippen MR) is 56.3 cm³/mol. The van der Waals surface area contributed by atoms with Crippen molar-refractivity contribution < 1.29 is 28.2 Å². The van der Waals surface area contributed by atoms with E-state index in [9.17, 15) is 18.0 Å². The van der Waals surface area contributed by atoms with Crippen LogP contribution in [0.4, 0.5) is 0 Å². The number of hydrogen-bond donors (Lipinski definition) is 3. The van der Waals surface area contributed by atoms with E-state index in [4.69, 9.17) is 15.4 Å². The maximum atomic E-state index is 11.5. The molecule has 2 unspecified atom stereocenters. The quantitative estimate of drug-likeness (QED) is 0.505. The molecular formula is C8H14N2O6S. The van der Waals surface area contributed by atoms with Crippen molar-refractivity contribution in [3.63, 3.8) is 0 Å². The molecule has 0 bridgehead atoms. The number of likely N-dealkylation sites (tertiary alicyclic amines) is 1. The van der Waals surface area contributed by atoms with Gasteiger partial charge in [0.25, 0.3) is 0 Å². The van der Waals surface area contributed by atoms with Gasteiger partial charge in [-0.1, -0.05) is 0 Å². The Labute approximate surface area is 98.1 Å². The van der Waals surface area contributed by atoms with E-state index in [-0.39, 0.29) is 18.7 Å². The van der Waals surface area contributed by atoms with Gasteiger partial charge in [0, 0.05) is 18.9 Å². The van der Waals surface area contributed by atoms with E-state index >= 15 is 0 Å². The molecule has 0 aliphatic carbocycles. The minimum Gasteiger partial charge on any atom is -0.480 e. The zero-order valence-electron chi connectivity index (χ0n) is 8.94. The lowest BCUT2D eigenvalue weighted by Crippen LogP contribution is -2.44. The Balaban J connectivity index is 2.73. The van der Waals surface area contributed by atoms with Crippen LogP contribution < -0.4 is 5.14 Å². The summed E-state index contributed by atoms with van der Waals surface area (Å²) >= 11 is 0. The molecule has 0 spiro atoms. The average Bonchev–Trinajstić information content (AvgIpc) is 2.44.